The number of anilines is 1. The first-order valence-electron chi connectivity index (χ1n) is 6.88. The average molecular weight is 313 g/mol. The third-order valence-electron chi connectivity index (χ3n) is 3.38. The van der Waals surface area contributed by atoms with E-state index in [2.05, 4.69) is 15.6 Å². The van der Waals surface area contributed by atoms with E-state index < -0.39 is 5.25 Å². The van der Waals surface area contributed by atoms with E-state index in [1.54, 1.807) is 7.05 Å². The highest BCUT2D eigenvalue weighted by Crippen LogP contribution is 2.23. The molecule has 1 atom stereocenters. The van der Waals surface area contributed by atoms with E-state index >= 15 is 0 Å². The van der Waals surface area contributed by atoms with Crippen LogP contribution < -0.4 is 10.6 Å². The van der Waals surface area contributed by atoms with Crippen LogP contribution >= 0.6 is 11.8 Å². The second kappa shape index (κ2) is 6.19. The molecule has 0 saturated carbocycles. The molecular weight excluding hydrogens is 298 g/mol. The van der Waals surface area contributed by atoms with Crippen molar-refractivity contribution in [3.05, 3.63) is 42.5 Å². The zero-order chi connectivity index (χ0) is 15.5. The Labute approximate surface area is 132 Å². The summed E-state index contributed by atoms with van der Waals surface area (Å²) in [5.41, 5.74) is 0.733. The Morgan fingerprint density at radius 3 is 2.77 bits per heavy atom. The molecule has 0 aromatic heterocycles. The molecular formula is C16H15N3O2S. The molecule has 1 fully saturated rings. The van der Waals surface area contributed by atoms with E-state index in [1.165, 1.54) is 11.8 Å². The number of nitrogens with one attached hydrogen (secondary N) is 2. The van der Waals surface area contributed by atoms with Gasteiger partial charge >= 0.3 is 0 Å². The summed E-state index contributed by atoms with van der Waals surface area (Å²) in [5, 5.41) is 7.81. The van der Waals surface area contributed by atoms with Gasteiger partial charge in [0.25, 0.3) is 0 Å². The standard InChI is InChI=1S/C16H15N3O2S/c1-17-16-19-15(21)13(22-16)9-14(20)18-12-7-6-10-4-2-3-5-11(10)8-12/h2-8,13H,9H2,1H3,(H,18,20)(H,17,19,21)/t13-/m1/s1. The molecule has 0 radical (unpaired) electrons. The van der Waals surface area contributed by atoms with Crippen LogP contribution in [0.15, 0.2) is 47.5 Å². The Hall–Kier alpha value is -2.34. The van der Waals surface area contributed by atoms with Gasteiger partial charge in [-0.25, -0.2) is 0 Å². The lowest BCUT2D eigenvalue weighted by Crippen LogP contribution is -2.28. The molecule has 2 amide bonds. The van der Waals surface area contributed by atoms with Gasteiger partial charge in [0.2, 0.25) is 11.8 Å². The van der Waals surface area contributed by atoms with E-state index in [9.17, 15) is 9.59 Å². The largest absolute Gasteiger partial charge is 0.326 e. The SMILES string of the molecule is CN=C1NC(=O)[C@@H](CC(=O)Nc2ccc3ccccc3c2)S1. The minimum atomic E-state index is -0.417. The van der Waals surface area contributed by atoms with Crippen molar-refractivity contribution in [3.63, 3.8) is 0 Å². The van der Waals surface area contributed by atoms with Crippen LogP contribution in [0.4, 0.5) is 5.69 Å². The number of nitrogens with zero attached hydrogens (tertiary/aromatic N) is 1. The van der Waals surface area contributed by atoms with Crippen molar-refractivity contribution < 1.29 is 9.59 Å². The molecule has 2 N–H and O–H groups in total. The highest BCUT2D eigenvalue weighted by Gasteiger charge is 2.31. The fourth-order valence-electron chi connectivity index (χ4n) is 2.29. The maximum atomic E-state index is 12.1. The van der Waals surface area contributed by atoms with Gasteiger partial charge in [0.05, 0.1) is 0 Å². The van der Waals surface area contributed by atoms with E-state index in [0.29, 0.717) is 5.17 Å². The summed E-state index contributed by atoms with van der Waals surface area (Å²) in [7, 11) is 1.61. The van der Waals surface area contributed by atoms with Crippen LogP contribution in [0.3, 0.4) is 0 Å². The Balaban J connectivity index is 1.67. The minimum Gasteiger partial charge on any atom is -0.326 e. The highest BCUT2D eigenvalue weighted by molar-refractivity contribution is 8.15. The molecule has 3 rings (SSSR count). The number of carbonyl (C=O) groups excluding carboxylic acids is 2. The molecule has 1 saturated heterocycles. The Kier molecular flexibility index (Phi) is 4.11. The Bertz CT molecular complexity index is 773. The van der Waals surface area contributed by atoms with Gasteiger partial charge in [0, 0.05) is 19.2 Å². The molecule has 1 aliphatic rings. The number of thioether (sulfide) groups is 1. The Morgan fingerprint density at radius 1 is 1.27 bits per heavy atom. The topological polar surface area (TPSA) is 70.6 Å². The number of amides is 2. The molecule has 1 heterocycles. The number of hydrogen-bond acceptors (Lipinski definition) is 4. The average Bonchev–Trinajstić information content (AvgIpc) is 2.87. The summed E-state index contributed by atoms with van der Waals surface area (Å²) in [6.45, 7) is 0. The molecule has 0 aliphatic carbocycles. The predicted octanol–water partition coefficient (Wildman–Crippen LogP) is 2.39. The maximum absolute atomic E-state index is 12.1. The summed E-state index contributed by atoms with van der Waals surface area (Å²) in [5.74, 6) is -0.348. The molecule has 6 heteroatoms. The fourth-order valence-corrected chi connectivity index (χ4v) is 3.23. The number of carbonyl (C=O) groups is 2. The van der Waals surface area contributed by atoms with Crippen LogP contribution in [0.2, 0.25) is 0 Å². The van der Waals surface area contributed by atoms with Crippen molar-refractivity contribution >= 4 is 45.2 Å². The molecule has 22 heavy (non-hydrogen) atoms. The van der Waals surface area contributed by atoms with Crippen molar-refractivity contribution in [1.29, 1.82) is 0 Å². The number of rotatable bonds is 3. The zero-order valence-corrected chi connectivity index (χ0v) is 12.8. The second-order valence-electron chi connectivity index (χ2n) is 4.94. The van der Waals surface area contributed by atoms with Crippen LogP contribution in [-0.2, 0) is 9.59 Å². The molecule has 0 unspecified atom stereocenters. The van der Waals surface area contributed by atoms with E-state index in [1.807, 2.05) is 42.5 Å². The molecule has 5 nitrogen and oxygen atoms in total. The molecule has 2 aromatic carbocycles. The van der Waals surface area contributed by atoms with Crippen LogP contribution in [-0.4, -0.2) is 29.3 Å². The predicted molar refractivity (Wildman–Crippen MR) is 90.1 cm³/mol. The monoisotopic (exact) mass is 313 g/mol. The van der Waals surface area contributed by atoms with E-state index in [0.717, 1.165) is 16.5 Å². The molecule has 0 bridgehead atoms. The van der Waals surface area contributed by atoms with Gasteiger partial charge in [-0.05, 0) is 22.9 Å². The van der Waals surface area contributed by atoms with Crippen LogP contribution in [0, 0.1) is 0 Å². The fraction of sp³-hybridized carbons (Fsp3) is 0.188. The van der Waals surface area contributed by atoms with Crippen molar-refractivity contribution in [2.75, 3.05) is 12.4 Å². The van der Waals surface area contributed by atoms with Crippen molar-refractivity contribution in [3.8, 4) is 0 Å². The van der Waals surface area contributed by atoms with Gasteiger partial charge in [0.15, 0.2) is 5.17 Å². The molecule has 112 valence electrons. The van der Waals surface area contributed by atoms with E-state index in [-0.39, 0.29) is 18.2 Å². The molecule has 2 aromatic rings. The lowest BCUT2D eigenvalue weighted by molar-refractivity contribution is -0.122. The first-order valence-corrected chi connectivity index (χ1v) is 7.76. The minimum absolute atomic E-state index is 0.127. The van der Waals surface area contributed by atoms with Gasteiger partial charge in [-0.3, -0.25) is 14.6 Å². The number of fused-ring (bicyclic) bond motifs is 1. The summed E-state index contributed by atoms with van der Waals surface area (Å²) in [4.78, 5) is 27.7. The number of benzene rings is 2. The molecule has 1 aliphatic heterocycles. The van der Waals surface area contributed by atoms with Crippen LogP contribution in [0.1, 0.15) is 6.42 Å². The van der Waals surface area contributed by atoms with Gasteiger partial charge in [-0.1, -0.05) is 42.1 Å². The van der Waals surface area contributed by atoms with E-state index in [4.69, 9.17) is 0 Å². The molecule has 0 spiro atoms. The van der Waals surface area contributed by atoms with Crippen molar-refractivity contribution in [2.45, 2.75) is 11.7 Å². The highest BCUT2D eigenvalue weighted by atomic mass is 32.2. The lowest BCUT2D eigenvalue weighted by atomic mass is 10.1. The van der Waals surface area contributed by atoms with Gasteiger partial charge in [-0.2, -0.15) is 0 Å². The summed E-state index contributed by atoms with van der Waals surface area (Å²) in [6.07, 6.45) is 0.127. The second-order valence-corrected chi connectivity index (χ2v) is 6.13. The van der Waals surface area contributed by atoms with Crippen molar-refractivity contribution in [2.24, 2.45) is 4.99 Å². The van der Waals surface area contributed by atoms with Gasteiger partial charge < -0.3 is 10.6 Å². The number of amidine groups is 1. The van der Waals surface area contributed by atoms with Crippen molar-refractivity contribution in [1.82, 2.24) is 5.32 Å². The number of hydrogen-bond donors (Lipinski definition) is 2. The third-order valence-corrected chi connectivity index (χ3v) is 4.56. The van der Waals surface area contributed by atoms with Crippen LogP contribution in [0.5, 0.6) is 0 Å². The zero-order valence-electron chi connectivity index (χ0n) is 12.0. The summed E-state index contributed by atoms with van der Waals surface area (Å²) >= 11 is 1.29. The maximum Gasteiger partial charge on any atom is 0.240 e. The summed E-state index contributed by atoms with van der Waals surface area (Å²) < 4.78 is 0. The normalized spacial score (nSPS) is 19.4. The van der Waals surface area contributed by atoms with Gasteiger partial charge in [0.1, 0.15) is 5.25 Å². The summed E-state index contributed by atoms with van der Waals surface area (Å²) in [6, 6.07) is 13.7. The lowest BCUT2D eigenvalue weighted by Gasteiger charge is -2.08. The number of aliphatic imine (C=N–C) groups is 1. The third kappa shape index (κ3) is 3.12. The smallest absolute Gasteiger partial charge is 0.240 e. The van der Waals surface area contributed by atoms with Gasteiger partial charge in [-0.15, -0.1) is 0 Å². The first-order chi connectivity index (χ1) is 10.7. The quantitative estimate of drug-likeness (QED) is 0.914. The Morgan fingerprint density at radius 2 is 2.05 bits per heavy atom. The van der Waals surface area contributed by atoms with Crippen LogP contribution in [0.25, 0.3) is 10.8 Å². The first kappa shape index (κ1) is 14.6.